The van der Waals surface area contributed by atoms with Gasteiger partial charge in [-0.05, 0) is 55.4 Å². The minimum absolute atomic E-state index is 0.727. The minimum Gasteiger partial charge on any atom is -0.314 e. The molecule has 0 aromatic heterocycles. The zero-order valence-electron chi connectivity index (χ0n) is 12.8. The van der Waals surface area contributed by atoms with Gasteiger partial charge in [0, 0.05) is 6.04 Å². The second-order valence-corrected chi connectivity index (χ2v) is 6.86. The Morgan fingerprint density at radius 3 is 1.94 bits per heavy atom. The number of rotatable bonds is 5. The molecule has 4 unspecified atom stereocenters. The van der Waals surface area contributed by atoms with Crippen LogP contribution in [0.1, 0.15) is 60.8 Å². The van der Waals surface area contributed by atoms with E-state index in [0.29, 0.717) is 0 Å². The predicted molar refractivity (Wildman–Crippen MR) is 77.1 cm³/mol. The van der Waals surface area contributed by atoms with E-state index < -0.39 is 0 Å². The van der Waals surface area contributed by atoms with Gasteiger partial charge >= 0.3 is 0 Å². The van der Waals surface area contributed by atoms with Crippen LogP contribution in [0.3, 0.4) is 0 Å². The van der Waals surface area contributed by atoms with Crippen molar-refractivity contribution in [2.75, 3.05) is 6.54 Å². The third kappa shape index (κ3) is 4.28. The van der Waals surface area contributed by atoms with Crippen LogP contribution >= 0.6 is 0 Å². The monoisotopic (exact) mass is 239 g/mol. The quantitative estimate of drug-likeness (QED) is 0.753. The van der Waals surface area contributed by atoms with Gasteiger partial charge in [0.15, 0.2) is 0 Å². The Kier molecular flexibility index (Phi) is 5.99. The average molecular weight is 239 g/mol. The lowest BCUT2D eigenvalue weighted by Gasteiger charge is -2.40. The van der Waals surface area contributed by atoms with Gasteiger partial charge in [-0.2, -0.15) is 0 Å². The number of nitrogens with one attached hydrogen (secondary N) is 1. The molecule has 1 aliphatic rings. The summed E-state index contributed by atoms with van der Waals surface area (Å²) in [4.78, 5) is 0. The van der Waals surface area contributed by atoms with Crippen molar-refractivity contribution in [1.82, 2.24) is 5.32 Å². The lowest BCUT2D eigenvalue weighted by molar-refractivity contribution is 0.132. The molecule has 1 rings (SSSR count). The van der Waals surface area contributed by atoms with E-state index in [1.165, 1.54) is 19.3 Å². The summed E-state index contributed by atoms with van der Waals surface area (Å²) in [7, 11) is 0. The van der Waals surface area contributed by atoms with Crippen molar-refractivity contribution in [2.24, 2.45) is 29.6 Å². The molecule has 0 aliphatic heterocycles. The van der Waals surface area contributed by atoms with Gasteiger partial charge < -0.3 is 5.32 Å². The standard InChI is InChI=1S/C16H33N/c1-7-17-16(14(6)11(2)3)15-9-12(4)8-13(5)10-15/h11-17H,7-10H2,1-6H3. The van der Waals surface area contributed by atoms with Gasteiger partial charge in [0.1, 0.15) is 0 Å². The molecule has 1 saturated carbocycles. The maximum Gasteiger partial charge on any atom is 0.0123 e. The summed E-state index contributed by atoms with van der Waals surface area (Å²) in [6.45, 7) is 15.4. The van der Waals surface area contributed by atoms with Gasteiger partial charge in [0.05, 0.1) is 0 Å². The Labute approximate surface area is 109 Å². The second-order valence-electron chi connectivity index (χ2n) is 6.86. The Bertz CT molecular complexity index is 202. The highest BCUT2D eigenvalue weighted by atomic mass is 14.9. The van der Waals surface area contributed by atoms with Crippen molar-refractivity contribution >= 4 is 0 Å². The Morgan fingerprint density at radius 2 is 1.53 bits per heavy atom. The van der Waals surface area contributed by atoms with Crippen LogP contribution in [0.2, 0.25) is 0 Å². The fourth-order valence-electron chi connectivity index (χ4n) is 3.73. The first-order chi connectivity index (χ1) is 7.95. The molecule has 1 aliphatic carbocycles. The summed E-state index contributed by atoms with van der Waals surface area (Å²) in [5.41, 5.74) is 0. The van der Waals surface area contributed by atoms with E-state index in [0.717, 1.165) is 42.2 Å². The Morgan fingerprint density at radius 1 is 1.00 bits per heavy atom. The van der Waals surface area contributed by atoms with Crippen molar-refractivity contribution in [3.05, 3.63) is 0 Å². The van der Waals surface area contributed by atoms with Crippen LogP contribution in [0.4, 0.5) is 0 Å². The first-order valence-electron chi connectivity index (χ1n) is 7.69. The largest absolute Gasteiger partial charge is 0.314 e. The lowest BCUT2D eigenvalue weighted by atomic mass is 9.70. The normalized spacial score (nSPS) is 33.7. The summed E-state index contributed by atoms with van der Waals surface area (Å²) < 4.78 is 0. The highest BCUT2D eigenvalue weighted by Gasteiger charge is 2.33. The molecule has 0 aromatic carbocycles. The maximum absolute atomic E-state index is 3.77. The summed E-state index contributed by atoms with van der Waals surface area (Å²) in [5.74, 6) is 4.31. The molecular formula is C16H33N. The molecule has 0 heterocycles. The third-order valence-electron chi connectivity index (χ3n) is 4.78. The number of hydrogen-bond acceptors (Lipinski definition) is 1. The van der Waals surface area contributed by atoms with E-state index in [2.05, 4.69) is 46.9 Å². The second kappa shape index (κ2) is 6.78. The van der Waals surface area contributed by atoms with Crippen LogP contribution in [0.5, 0.6) is 0 Å². The van der Waals surface area contributed by atoms with E-state index in [-0.39, 0.29) is 0 Å². The zero-order valence-corrected chi connectivity index (χ0v) is 12.8. The van der Waals surface area contributed by atoms with E-state index in [9.17, 15) is 0 Å². The highest BCUT2D eigenvalue weighted by Crippen LogP contribution is 2.37. The summed E-state index contributed by atoms with van der Waals surface area (Å²) in [5, 5.41) is 3.77. The van der Waals surface area contributed by atoms with E-state index in [1.807, 2.05) is 0 Å². The van der Waals surface area contributed by atoms with Crippen molar-refractivity contribution in [2.45, 2.75) is 66.8 Å². The van der Waals surface area contributed by atoms with Crippen molar-refractivity contribution in [3.63, 3.8) is 0 Å². The summed E-state index contributed by atoms with van der Waals surface area (Å²) >= 11 is 0. The fourth-order valence-corrected chi connectivity index (χ4v) is 3.73. The molecule has 1 nitrogen and oxygen atoms in total. The lowest BCUT2D eigenvalue weighted by Crippen LogP contribution is -2.45. The minimum atomic E-state index is 0.727. The zero-order chi connectivity index (χ0) is 13.0. The maximum atomic E-state index is 3.77. The van der Waals surface area contributed by atoms with Gasteiger partial charge in [-0.15, -0.1) is 0 Å². The van der Waals surface area contributed by atoms with Gasteiger partial charge in [0.2, 0.25) is 0 Å². The highest BCUT2D eigenvalue weighted by molar-refractivity contribution is 4.87. The van der Waals surface area contributed by atoms with Crippen LogP contribution in [-0.4, -0.2) is 12.6 Å². The first kappa shape index (κ1) is 15.0. The van der Waals surface area contributed by atoms with Crippen LogP contribution < -0.4 is 5.32 Å². The van der Waals surface area contributed by atoms with E-state index in [4.69, 9.17) is 0 Å². The molecule has 1 fully saturated rings. The molecule has 0 bridgehead atoms. The van der Waals surface area contributed by atoms with Gasteiger partial charge in [-0.3, -0.25) is 0 Å². The molecule has 0 aromatic rings. The topological polar surface area (TPSA) is 12.0 Å². The van der Waals surface area contributed by atoms with Crippen LogP contribution in [0, 0.1) is 29.6 Å². The van der Waals surface area contributed by atoms with E-state index in [1.54, 1.807) is 0 Å². The Hall–Kier alpha value is -0.0400. The molecule has 0 amide bonds. The molecule has 102 valence electrons. The number of hydrogen-bond donors (Lipinski definition) is 1. The molecule has 17 heavy (non-hydrogen) atoms. The predicted octanol–water partition coefficient (Wildman–Crippen LogP) is 4.33. The molecule has 0 radical (unpaired) electrons. The van der Waals surface area contributed by atoms with Crippen LogP contribution in [0.15, 0.2) is 0 Å². The molecule has 0 spiro atoms. The van der Waals surface area contributed by atoms with Crippen molar-refractivity contribution in [3.8, 4) is 0 Å². The SMILES string of the molecule is CCNC(C1CC(C)CC(C)C1)C(C)C(C)C. The summed E-state index contributed by atoms with van der Waals surface area (Å²) in [6, 6.07) is 0.727. The van der Waals surface area contributed by atoms with Crippen molar-refractivity contribution in [1.29, 1.82) is 0 Å². The summed E-state index contributed by atoms with van der Waals surface area (Å²) in [6.07, 6.45) is 4.30. The van der Waals surface area contributed by atoms with Gasteiger partial charge in [-0.25, -0.2) is 0 Å². The average Bonchev–Trinajstić information content (AvgIpc) is 2.23. The fraction of sp³-hybridized carbons (Fsp3) is 1.00. The Balaban J connectivity index is 2.68. The molecule has 0 saturated heterocycles. The molecular weight excluding hydrogens is 206 g/mol. The van der Waals surface area contributed by atoms with Gasteiger partial charge in [-0.1, -0.05) is 41.5 Å². The molecule has 1 heteroatoms. The van der Waals surface area contributed by atoms with Crippen molar-refractivity contribution < 1.29 is 0 Å². The third-order valence-corrected chi connectivity index (χ3v) is 4.78. The molecule has 4 atom stereocenters. The first-order valence-corrected chi connectivity index (χ1v) is 7.69. The van der Waals surface area contributed by atoms with Gasteiger partial charge in [0.25, 0.3) is 0 Å². The smallest absolute Gasteiger partial charge is 0.0123 e. The van der Waals surface area contributed by atoms with Crippen LogP contribution in [-0.2, 0) is 0 Å². The van der Waals surface area contributed by atoms with E-state index >= 15 is 0 Å². The van der Waals surface area contributed by atoms with Crippen LogP contribution in [0.25, 0.3) is 0 Å². The molecule has 1 N–H and O–H groups in total.